The summed E-state index contributed by atoms with van der Waals surface area (Å²) in [5.74, 6) is 0.207. The van der Waals surface area contributed by atoms with E-state index in [1.54, 1.807) is 24.3 Å². The van der Waals surface area contributed by atoms with Crippen molar-refractivity contribution in [1.29, 1.82) is 10.5 Å². The predicted molar refractivity (Wildman–Crippen MR) is 43.6 cm³/mol. The molecule has 1 atom stereocenters. The molecule has 0 aliphatic carbocycles. The van der Waals surface area contributed by atoms with Gasteiger partial charge in [0.1, 0.15) is 17.4 Å². The molecule has 64 valence electrons. The summed E-state index contributed by atoms with van der Waals surface area (Å²) in [6, 6.07) is 3.27. The topological polar surface area (TPSA) is 77.0 Å². The SMILES string of the molecule is N#CC(=C1C=CC=CO1)C(O)C#N. The molecule has 0 saturated carbocycles. The third kappa shape index (κ3) is 1.96. The average Bonchev–Trinajstić information content (AvgIpc) is 2.20. The average molecular weight is 174 g/mol. The third-order valence-corrected chi connectivity index (χ3v) is 1.41. The summed E-state index contributed by atoms with van der Waals surface area (Å²) < 4.78 is 4.93. The minimum absolute atomic E-state index is 0.0805. The minimum Gasteiger partial charge on any atom is -0.464 e. The van der Waals surface area contributed by atoms with Gasteiger partial charge in [0.15, 0.2) is 6.10 Å². The Morgan fingerprint density at radius 3 is 2.69 bits per heavy atom. The molecule has 1 aliphatic rings. The molecular weight excluding hydrogens is 168 g/mol. The van der Waals surface area contributed by atoms with Gasteiger partial charge in [-0.1, -0.05) is 6.08 Å². The Bertz CT molecular complexity index is 366. The van der Waals surface area contributed by atoms with Crippen LogP contribution in [0.3, 0.4) is 0 Å². The number of aliphatic hydroxyl groups excluding tert-OH is 1. The van der Waals surface area contributed by atoms with Gasteiger partial charge in [-0.15, -0.1) is 0 Å². The van der Waals surface area contributed by atoms with E-state index in [9.17, 15) is 0 Å². The van der Waals surface area contributed by atoms with Gasteiger partial charge in [0.2, 0.25) is 0 Å². The summed E-state index contributed by atoms with van der Waals surface area (Å²) in [4.78, 5) is 0. The van der Waals surface area contributed by atoms with Crippen LogP contribution in [0.4, 0.5) is 0 Å². The monoisotopic (exact) mass is 174 g/mol. The summed E-state index contributed by atoms with van der Waals surface area (Å²) in [5, 5.41) is 26.1. The molecule has 0 bridgehead atoms. The Balaban J connectivity index is 3.01. The number of nitriles is 2. The van der Waals surface area contributed by atoms with Crippen LogP contribution in [0.5, 0.6) is 0 Å². The highest BCUT2D eigenvalue weighted by atomic mass is 16.5. The maximum atomic E-state index is 9.09. The molecule has 0 aromatic rings. The van der Waals surface area contributed by atoms with Crippen molar-refractivity contribution in [3.63, 3.8) is 0 Å². The highest BCUT2D eigenvalue weighted by molar-refractivity contribution is 5.39. The first-order chi connectivity index (χ1) is 6.29. The second kappa shape index (κ2) is 4.10. The molecule has 0 saturated heterocycles. The van der Waals surface area contributed by atoms with E-state index in [0.717, 1.165) is 0 Å². The Morgan fingerprint density at radius 1 is 1.46 bits per heavy atom. The van der Waals surface area contributed by atoms with E-state index in [0.29, 0.717) is 0 Å². The van der Waals surface area contributed by atoms with E-state index in [1.165, 1.54) is 12.3 Å². The molecule has 4 nitrogen and oxygen atoms in total. The van der Waals surface area contributed by atoms with Crippen LogP contribution in [-0.4, -0.2) is 11.2 Å². The minimum atomic E-state index is -1.43. The fourth-order valence-electron chi connectivity index (χ4n) is 0.809. The Hall–Kier alpha value is -2.04. The van der Waals surface area contributed by atoms with Gasteiger partial charge < -0.3 is 9.84 Å². The van der Waals surface area contributed by atoms with Crippen molar-refractivity contribution >= 4 is 0 Å². The summed E-state index contributed by atoms with van der Waals surface area (Å²) in [5.41, 5.74) is -0.0805. The van der Waals surface area contributed by atoms with Crippen molar-refractivity contribution in [3.8, 4) is 12.1 Å². The molecule has 13 heavy (non-hydrogen) atoms. The summed E-state index contributed by atoms with van der Waals surface area (Å²) in [7, 11) is 0. The molecule has 1 aliphatic heterocycles. The fourth-order valence-corrected chi connectivity index (χ4v) is 0.809. The quantitative estimate of drug-likeness (QED) is 0.470. The van der Waals surface area contributed by atoms with Gasteiger partial charge in [0, 0.05) is 0 Å². The lowest BCUT2D eigenvalue weighted by Crippen LogP contribution is -2.09. The maximum absolute atomic E-state index is 9.09. The number of nitrogens with zero attached hydrogens (tertiary/aromatic N) is 2. The van der Waals surface area contributed by atoms with E-state index in [2.05, 4.69) is 0 Å². The van der Waals surface area contributed by atoms with Gasteiger partial charge >= 0.3 is 0 Å². The first-order valence-electron chi connectivity index (χ1n) is 3.51. The summed E-state index contributed by atoms with van der Waals surface area (Å²) >= 11 is 0. The van der Waals surface area contributed by atoms with Crippen molar-refractivity contribution in [2.24, 2.45) is 0 Å². The van der Waals surface area contributed by atoms with Crippen LogP contribution in [0.2, 0.25) is 0 Å². The highest BCUT2D eigenvalue weighted by Gasteiger charge is 2.15. The van der Waals surface area contributed by atoms with Crippen molar-refractivity contribution < 1.29 is 9.84 Å². The van der Waals surface area contributed by atoms with E-state index in [4.69, 9.17) is 20.4 Å². The lowest BCUT2D eigenvalue weighted by molar-refractivity contribution is 0.258. The zero-order chi connectivity index (χ0) is 9.68. The molecule has 1 rings (SSSR count). The van der Waals surface area contributed by atoms with Gasteiger partial charge in [-0.2, -0.15) is 10.5 Å². The number of ether oxygens (including phenoxy) is 1. The van der Waals surface area contributed by atoms with Gasteiger partial charge in [0.25, 0.3) is 0 Å². The molecule has 0 fully saturated rings. The Kier molecular flexibility index (Phi) is 2.86. The van der Waals surface area contributed by atoms with Crippen LogP contribution < -0.4 is 0 Å². The molecule has 0 aromatic heterocycles. The molecule has 1 N–H and O–H groups in total. The van der Waals surface area contributed by atoms with Crippen LogP contribution in [-0.2, 0) is 4.74 Å². The van der Waals surface area contributed by atoms with Crippen molar-refractivity contribution in [1.82, 2.24) is 0 Å². The van der Waals surface area contributed by atoms with Gasteiger partial charge in [-0.05, 0) is 12.2 Å². The van der Waals surface area contributed by atoms with Gasteiger partial charge in [0.05, 0.1) is 12.3 Å². The van der Waals surface area contributed by atoms with Gasteiger partial charge in [-0.25, -0.2) is 0 Å². The molecular formula is C9H6N2O2. The molecule has 4 heteroatoms. The van der Waals surface area contributed by atoms with Gasteiger partial charge in [-0.3, -0.25) is 0 Å². The first kappa shape index (κ1) is 9.05. The van der Waals surface area contributed by atoms with Crippen LogP contribution >= 0.6 is 0 Å². The molecule has 1 heterocycles. The number of hydrogen-bond donors (Lipinski definition) is 1. The number of rotatable bonds is 1. The standard InChI is InChI=1S/C9H6N2O2/c10-5-7(8(12)6-11)9-3-1-2-4-13-9/h1-4,8,12H. The summed E-state index contributed by atoms with van der Waals surface area (Å²) in [6.45, 7) is 0. The van der Waals surface area contributed by atoms with Crippen LogP contribution in [0, 0.1) is 22.7 Å². The van der Waals surface area contributed by atoms with Crippen LogP contribution in [0.15, 0.2) is 35.8 Å². The normalized spacial score (nSPS) is 19.6. The van der Waals surface area contributed by atoms with Crippen molar-refractivity contribution in [2.45, 2.75) is 6.10 Å². The first-order valence-corrected chi connectivity index (χ1v) is 3.51. The lowest BCUT2D eigenvalue weighted by atomic mass is 10.1. The molecule has 0 spiro atoms. The highest BCUT2D eigenvalue weighted by Crippen LogP contribution is 2.14. The molecule has 0 amide bonds. The molecule has 1 unspecified atom stereocenters. The zero-order valence-electron chi connectivity index (χ0n) is 6.64. The fraction of sp³-hybridized carbons (Fsp3) is 0.111. The second-order valence-corrected chi connectivity index (χ2v) is 2.23. The maximum Gasteiger partial charge on any atom is 0.179 e. The number of allylic oxidation sites excluding steroid dienone is 3. The Morgan fingerprint density at radius 2 is 2.23 bits per heavy atom. The van der Waals surface area contributed by atoms with Crippen molar-refractivity contribution in [2.75, 3.05) is 0 Å². The molecule has 0 radical (unpaired) electrons. The number of hydrogen-bond acceptors (Lipinski definition) is 4. The van der Waals surface area contributed by atoms with E-state index >= 15 is 0 Å². The third-order valence-electron chi connectivity index (χ3n) is 1.41. The van der Waals surface area contributed by atoms with E-state index < -0.39 is 6.10 Å². The second-order valence-electron chi connectivity index (χ2n) is 2.23. The smallest absolute Gasteiger partial charge is 0.179 e. The van der Waals surface area contributed by atoms with Crippen molar-refractivity contribution in [3.05, 3.63) is 35.8 Å². The van der Waals surface area contributed by atoms with E-state index in [-0.39, 0.29) is 11.3 Å². The number of aliphatic hydroxyl groups is 1. The predicted octanol–water partition coefficient (Wildman–Crippen LogP) is 0.749. The van der Waals surface area contributed by atoms with Crippen LogP contribution in [0.1, 0.15) is 0 Å². The lowest BCUT2D eigenvalue weighted by Gasteiger charge is -2.07. The summed E-state index contributed by atoms with van der Waals surface area (Å²) in [6.07, 6.45) is 4.74. The van der Waals surface area contributed by atoms with Crippen LogP contribution in [0.25, 0.3) is 0 Å². The largest absolute Gasteiger partial charge is 0.464 e. The molecule has 0 aromatic carbocycles. The Labute approximate surface area is 75.3 Å². The zero-order valence-corrected chi connectivity index (χ0v) is 6.64. The van der Waals surface area contributed by atoms with E-state index in [1.807, 2.05) is 0 Å².